The lowest BCUT2D eigenvalue weighted by Crippen LogP contribution is -2.18. The molecule has 22 heavy (non-hydrogen) atoms. The highest BCUT2D eigenvalue weighted by Gasteiger charge is 2.18. The quantitative estimate of drug-likeness (QED) is 0.455. The van der Waals surface area contributed by atoms with Crippen LogP contribution in [0.3, 0.4) is 0 Å². The molecule has 0 aliphatic heterocycles. The Morgan fingerprint density at radius 2 is 2.14 bits per heavy atom. The van der Waals surface area contributed by atoms with Gasteiger partial charge in [-0.1, -0.05) is 37.1 Å². The minimum atomic E-state index is -0.334. The summed E-state index contributed by atoms with van der Waals surface area (Å²) in [6.07, 6.45) is 11.7. The smallest absolute Gasteiger partial charge is 0.330 e. The lowest BCUT2D eigenvalue weighted by molar-refractivity contribution is -0.134. The highest BCUT2D eigenvalue weighted by molar-refractivity contribution is 5.86. The third-order valence-corrected chi connectivity index (χ3v) is 3.99. The number of nitrogens with one attached hydrogen (secondary N) is 1. The van der Waals surface area contributed by atoms with Gasteiger partial charge in [0.1, 0.15) is 0 Å². The van der Waals surface area contributed by atoms with Gasteiger partial charge in [-0.15, -0.1) is 0 Å². The molecular weight excluding hydrogens is 274 g/mol. The maximum Gasteiger partial charge on any atom is 0.330 e. The van der Waals surface area contributed by atoms with E-state index in [1.165, 1.54) is 45.3 Å². The number of hydrogen-bond acceptors (Lipinski definition) is 3. The zero-order chi connectivity index (χ0) is 15.8. The molecule has 1 aromatic rings. The van der Waals surface area contributed by atoms with E-state index in [2.05, 4.69) is 35.2 Å². The normalized spacial score (nSPS) is 17.5. The van der Waals surface area contributed by atoms with E-state index < -0.39 is 0 Å². The molecule has 0 spiro atoms. The second-order valence-corrected chi connectivity index (χ2v) is 5.64. The number of rotatable bonds is 7. The zero-order valence-corrected chi connectivity index (χ0v) is 13.5. The van der Waals surface area contributed by atoms with E-state index in [4.69, 9.17) is 0 Å². The van der Waals surface area contributed by atoms with Crippen LogP contribution in [0, 0.1) is 0 Å². The number of allylic oxidation sites excluding steroid dienone is 1. The van der Waals surface area contributed by atoms with Crippen LogP contribution < -0.4 is 5.32 Å². The largest absolute Gasteiger partial charge is 0.466 e. The number of methoxy groups -OCH3 is 1. The van der Waals surface area contributed by atoms with Crippen molar-refractivity contribution in [3.8, 4) is 0 Å². The van der Waals surface area contributed by atoms with Crippen molar-refractivity contribution in [1.29, 1.82) is 0 Å². The van der Waals surface area contributed by atoms with E-state index in [1.807, 2.05) is 12.1 Å². The van der Waals surface area contributed by atoms with Crippen molar-refractivity contribution in [3.63, 3.8) is 0 Å². The van der Waals surface area contributed by atoms with E-state index in [0.29, 0.717) is 6.04 Å². The Morgan fingerprint density at radius 1 is 1.36 bits per heavy atom. The summed E-state index contributed by atoms with van der Waals surface area (Å²) in [5.41, 5.74) is 3.67. The second-order valence-electron chi connectivity index (χ2n) is 5.64. The average molecular weight is 299 g/mol. The predicted molar refractivity (Wildman–Crippen MR) is 91.7 cm³/mol. The summed E-state index contributed by atoms with van der Waals surface area (Å²) in [7, 11) is 1.38. The number of carbonyl (C=O) groups excluding carboxylic acids is 1. The van der Waals surface area contributed by atoms with Crippen molar-refractivity contribution in [3.05, 3.63) is 47.6 Å². The SMILES string of the molecule is CCCCC1=CCCC1Nc1ccc(C=CC(=O)OC)cc1. The molecule has 0 heterocycles. The first-order valence-electron chi connectivity index (χ1n) is 8.04. The van der Waals surface area contributed by atoms with E-state index in [9.17, 15) is 4.79 Å². The Balaban J connectivity index is 1.92. The fourth-order valence-corrected chi connectivity index (χ4v) is 2.71. The van der Waals surface area contributed by atoms with Crippen LogP contribution in [0.4, 0.5) is 5.69 Å². The Morgan fingerprint density at radius 3 is 2.82 bits per heavy atom. The summed E-state index contributed by atoms with van der Waals surface area (Å²) in [5, 5.41) is 3.62. The molecule has 3 nitrogen and oxygen atoms in total. The maximum atomic E-state index is 11.1. The van der Waals surface area contributed by atoms with Crippen LogP contribution in [0.5, 0.6) is 0 Å². The van der Waals surface area contributed by atoms with Crippen LogP contribution in [-0.4, -0.2) is 19.1 Å². The first-order chi connectivity index (χ1) is 10.7. The minimum absolute atomic E-state index is 0.334. The van der Waals surface area contributed by atoms with Gasteiger partial charge in [-0.2, -0.15) is 0 Å². The number of anilines is 1. The Labute approximate surface area is 133 Å². The molecule has 3 heteroatoms. The predicted octanol–water partition coefficient (Wildman–Crippen LogP) is 4.56. The maximum absolute atomic E-state index is 11.1. The second kappa shape index (κ2) is 8.42. The van der Waals surface area contributed by atoms with Gasteiger partial charge in [-0.25, -0.2) is 4.79 Å². The van der Waals surface area contributed by atoms with Gasteiger partial charge in [0.05, 0.1) is 7.11 Å². The summed E-state index contributed by atoms with van der Waals surface area (Å²) in [5.74, 6) is -0.334. The van der Waals surface area contributed by atoms with Crippen molar-refractivity contribution in [2.75, 3.05) is 12.4 Å². The minimum Gasteiger partial charge on any atom is -0.466 e. The molecule has 1 aromatic carbocycles. The van der Waals surface area contributed by atoms with Crippen molar-refractivity contribution < 1.29 is 9.53 Å². The van der Waals surface area contributed by atoms with Crippen molar-refractivity contribution in [2.45, 2.75) is 45.1 Å². The summed E-state index contributed by atoms with van der Waals surface area (Å²) in [6.45, 7) is 2.23. The zero-order valence-electron chi connectivity index (χ0n) is 13.5. The number of carbonyl (C=O) groups is 1. The van der Waals surface area contributed by atoms with E-state index in [0.717, 1.165) is 11.3 Å². The molecule has 0 saturated heterocycles. The molecule has 2 rings (SSSR count). The van der Waals surface area contributed by atoms with Gasteiger partial charge in [0.15, 0.2) is 0 Å². The Kier molecular flexibility index (Phi) is 6.26. The third-order valence-electron chi connectivity index (χ3n) is 3.99. The van der Waals surface area contributed by atoms with Crippen LogP contribution in [-0.2, 0) is 9.53 Å². The highest BCUT2D eigenvalue weighted by atomic mass is 16.5. The molecule has 1 unspecified atom stereocenters. The summed E-state index contributed by atoms with van der Waals surface area (Å²) >= 11 is 0. The molecule has 0 fully saturated rings. The summed E-state index contributed by atoms with van der Waals surface area (Å²) in [6, 6.07) is 8.61. The number of unbranched alkanes of at least 4 members (excludes halogenated alkanes) is 1. The van der Waals surface area contributed by atoms with Gasteiger partial charge in [-0.05, 0) is 49.5 Å². The molecule has 1 N–H and O–H groups in total. The van der Waals surface area contributed by atoms with Crippen LogP contribution in [0.25, 0.3) is 6.08 Å². The van der Waals surface area contributed by atoms with E-state index in [1.54, 1.807) is 11.6 Å². The number of ether oxygens (including phenoxy) is 1. The number of benzene rings is 1. The van der Waals surface area contributed by atoms with Crippen LogP contribution in [0.1, 0.15) is 44.6 Å². The fraction of sp³-hybridized carbons (Fsp3) is 0.421. The topological polar surface area (TPSA) is 38.3 Å². The van der Waals surface area contributed by atoms with Crippen LogP contribution in [0.2, 0.25) is 0 Å². The molecule has 1 aliphatic rings. The average Bonchev–Trinajstić information content (AvgIpc) is 2.99. The van der Waals surface area contributed by atoms with E-state index >= 15 is 0 Å². The van der Waals surface area contributed by atoms with Gasteiger partial charge in [0.2, 0.25) is 0 Å². The molecule has 0 radical (unpaired) electrons. The summed E-state index contributed by atoms with van der Waals surface area (Å²) in [4.78, 5) is 11.1. The molecule has 1 atom stereocenters. The lowest BCUT2D eigenvalue weighted by atomic mass is 10.0. The first-order valence-corrected chi connectivity index (χ1v) is 8.04. The van der Waals surface area contributed by atoms with Crippen LogP contribution >= 0.6 is 0 Å². The van der Waals surface area contributed by atoms with Crippen molar-refractivity contribution in [1.82, 2.24) is 0 Å². The Hall–Kier alpha value is -2.03. The summed E-state index contributed by atoms with van der Waals surface area (Å²) < 4.78 is 4.58. The van der Waals surface area contributed by atoms with Gasteiger partial charge in [0, 0.05) is 17.8 Å². The van der Waals surface area contributed by atoms with Gasteiger partial charge in [0.25, 0.3) is 0 Å². The molecule has 1 aliphatic carbocycles. The van der Waals surface area contributed by atoms with E-state index in [-0.39, 0.29) is 5.97 Å². The number of hydrogen-bond donors (Lipinski definition) is 1. The van der Waals surface area contributed by atoms with Crippen LogP contribution in [0.15, 0.2) is 42.0 Å². The van der Waals surface area contributed by atoms with Crippen molar-refractivity contribution >= 4 is 17.7 Å². The fourth-order valence-electron chi connectivity index (χ4n) is 2.71. The molecular formula is C19H25NO2. The molecule has 0 saturated carbocycles. The van der Waals surface area contributed by atoms with Gasteiger partial charge < -0.3 is 10.1 Å². The monoisotopic (exact) mass is 299 g/mol. The molecule has 0 aromatic heterocycles. The highest BCUT2D eigenvalue weighted by Crippen LogP contribution is 2.27. The standard InChI is InChI=1S/C19H25NO2/c1-3-4-6-16-7-5-8-18(16)20-17-12-9-15(10-13-17)11-14-19(21)22-2/h7,9-14,18,20H,3-6,8H2,1-2H3. The molecule has 0 bridgehead atoms. The number of esters is 1. The lowest BCUT2D eigenvalue weighted by Gasteiger charge is -2.18. The first kappa shape index (κ1) is 16.3. The molecule has 118 valence electrons. The van der Waals surface area contributed by atoms with Crippen molar-refractivity contribution in [2.24, 2.45) is 0 Å². The third kappa shape index (κ3) is 4.76. The van der Waals surface area contributed by atoms with Gasteiger partial charge in [-0.3, -0.25) is 0 Å². The molecule has 0 amide bonds. The van der Waals surface area contributed by atoms with Gasteiger partial charge >= 0.3 is 5.97 Å². The Bertz CT molecular complexity index is 543.